The molecule has 0 spiro atoms. The van der Waals surface area contributed by atoms with Gasteiger partial charge in [-0.1, -0.05) is 18.2 Å². The maximum atomic E-state index is 13.5. The Balaban J connectivity index is 2.02. The number of sulfonamides is 1. The van der Waals surface area contributed by atoms with Gasteiger partial charge in [-0.2, -0.15) is 4.72 Å². The minimum Gasteiger partial charge on any atom is -0.497 e. The van der Waals surface area contributed by atoms with Crippen LogP contribution >= 0.6 is 0 Å². The van der Waals surface area contributed by atoms with Crippen molar-refractivity contribution in [2.45, 2.75) is 10.9 Å². The fourth-order valence-corrected chi connectivity index (χ4v) is 3.79. The maximum Gasteiger partial charge on any atom is 0.241 e. The zero-order chi connectivity index (χ0) is 18.7. The van der Waals surface area contributed by atoms with Crippen molar-refractivity contribution in [3.05, 3.63) is 78.1 Å². The van der Waals surface area contributed by atoms with Crippen LogP contribution in [0.2, 0.25) is 0 Å². The molecule has 3 rings (SSSR count). The summed E-state index contributed by atoms with van der Waals surface area (Å²) in [6.07, 6.45) is 3.31. The third-order valence-electron chi connectivity index (χ3n) is 3.95. The lowest BCUT2D eigenvalue weighted by atomic mass is 10.1. The molecular weight excluding hydrogens is 357 g/mol. The number of imidazole rings is 1. The molecule has 0 saturated carbocycles. The van der Waals surface area contributed by atoms with Crippen molar-refractivity contribution in [3.63, 3.8) is 0 Å². The van der Waals surface area contributed by atoms with E-state index in [0.29, 0.717) is 17.1 Å². The average Bonchev–Trinajstić information content (AvgIpc) is 3.06. The summed E-state index contributed by atoms with van der Waals surface area (Å²) in [5, 5.41) is 0. The van der Waals surface area contributed by atoms with Crippen molar-refractivity contribution in [2.75, 3.05) is 7.11 Å². The monoisotopic (exact) mass is 375 g/mol. The summed E-state index contributed by atoms with van der Waals surface area (Å²) >= 11 is 0. The predicted molar refractivity (Wildman–Crippen MR) is 94.8 cm³/mol. The van der Waals surface area contributed by atoms with Gasteiger partial charge in [0.2, 0.25) is 10.0 Å². The van der Waals surface area contributed by atoms with Crippen molar-refractivity contribution in [1.82, 2.24) is 14.3 Å². The molecule has 1 N–H and O–H groups in total. The lowest BCUT2D eigenvalue weighted by molar-refractivity contribution is 0.414. The molecule has 1 unspecified atom stereocenters. The van der Waals surface area contributed by atoms with Crippen LogP contribution in [-0.4, -0.2) is 25.1 Å². The third-order valence-corrected chi connectivity index (χ3v) is 5.37. The summed E-state index contributed by atoms with van der Waals surface area (Å²) in [6, 6.07) is 11.1. The molecule has 0 radical (unpaired) electrons. The Morgan fingerprint density at radius 2 is 1.92 bits per heavy atom. The number of benzene rings is 2. The van der Waals surface area contributed by atoms with Gasteiger partial charge >= 0.3 is 0 Å². The van der Waals surface area contributed by atoms with Gasteiger partial charge in [-0.25, -0.2) is 17.8 Å². The number of hydrogen-bond donors (Lipinski definition) is 1. The number of halogens is 1. The molecule has 0 aliphatic heterocycles. The number of aryl methyl sites for hydroxylation is 1. The first-order valence-electron chi connectivity index (χ1n) is 7.80. The van der Waals surface area contributed by atoms with Crippen LogP contribution in [0.3, 0.4) is 0 Å². The number of hydrogen-bond acceptors (Lipinski definition) is 4. The predicted octanol–water partition coefficient (Wildman–Crippen LogP) is 2.64. The number of ether oxygens (including phenoxy) is 1. The molecule has 0 amide bonds. The molecule has 3 aromatic rings. The molecule has 2 aromatic carbocycles. The number of nitrogens with one attached hydrogen (secondary N) is 1. The zero-order valence-electron chi connectivity index (χ0n) is 14.3. The van der Waals surface area contributed by atoms with Crippen molar-refractivity contribution in [1.29, 1.82) is 0 Å². The van der Waals surface area contributed by atoms with E-state index in [-0.39, 0.29) is 4.90 Å². The molecule has 0 aliphatic carbocycles. The van der Waals surface area contributed by atoms with Gasteiger partial charge < -0.3 is 9.30 Å². The molecule has 136 valence electrons. The van der Waals surface area contributed by atoms with Crippen LogP contribution in [0.15, 0.2) is 65.8 Å². The second kappa shape index (κ2) is 7.27. The summed E-state index contributed by atoms with van der Waals surface area (Å²) in [5.74, 6) is 0.543. The van der Waals surface area contributed by atoms with E-state index in [1.165, 1.54) is 18.2 Å². The Morgan fingerprint density at radius 1 is 1.19 bits per heavy atom. The molecule has 0 aliphatic rings. The van der Waals surface area contributed by atoms with E-state index >= 15 is 0 Å². The van der Waals surface area contributed by atoms with Crippen LogP contribution < -0.4 is 9.46 Å². The normalized spacial score (nSPS) is 12.7. The molecular formula is C18H18FN3O3S. The Labute approximate surface area is 151 Å². The van der Waals surface area contributed by atoms with Crippen LogP contribution in [0.5, 0.6) is 5.75 Å². The Bertz CT molecular complexity index is 1000. The lowest BCUT2D eigenvalue weighted by Gasteiger charge is -2.19. The van der Waals surface area contributed by atoms with Gasteiger partial charge in [-0.15, -0.1) is 0 Å². The van der Waals surface area contributed by atoms with Gasteiger partial charge in [0.1, 0.15) is 23.4 Å². The van der Waals surface area contributed by atoms with Crippen molar-refractivity contribution >= 4 is 10.0 Å². The zero-order valence-corrected chi connectivity index (χ0v) is 15.1. The van der Waals surface area contributed by atoms with Crippen LogP contribution in [0.1, 0.15) is 17.4 Å². The van der Waals surface area contributed by atoms with Gasteiger partial charge in [0.05, 0.1) is 12.0 Å². The highest BCUT2D eigenvalue weighted by Crippen LogP contribution is 2.25. The van der Waals surface area contributed by atoms with E-state index in [2.05, 4.69) is 9.71 Å². The topological polar surface area (TPSA) is 73.2 Å². The summed E-state index contributed by atoms with van der Waals surface area (Å²) < 4.78 is 48.5. The first-order chi connectivity index (χ1) is 12.4. The summed E-state index contributed by atoms with van der Waals surface area (Å²) in [5.41, 5.74) is 0.681. The fraction of sp³-hybridized carbons (Fsp3) is 0.167. The van der Waals surface area contributed by atoms with Crippen LogP contribution in [0.4, 0.5) is 4.39 Å². The van der Waals surface area contributed by atoms with Gasteiger partial charge in [-0.05, 0) is 35.9 Å². The van der Waals surface area contributed by atoms with E-state index in [1.54, 1.807) is 55.4 Å². The standard InChI is InChI=1S/C18H18FN3O3S/c1-22-11-10-20-18(22)17(13-6-8-15(25-2)9-7-13)21-26(23,24)16-5-3-4-14(19)12-16/h3-12,17,21H,1-2H3. The first kappa shape index (κ1) is 18.1. The SMILES string of the molecule is COc1ccc(C(NS(=O)(=O)c2cccc(F)c2)c2nccn2C)cc1. The molecule has 0 saturated heterocycles. The Kier molecular flexibility index (Phi) is 5.06. The molecule has 6 nitrogen and oxygen atoms in total. The van der Waals surface area contributed by atoms with Crippen molar-refractivity contribution in [2.24, 2.45) is 7.05 Å². The number of aromatic nitrogens is 2. The summed E-state index contributed by atoms with van der Waals surface area (Å²) in [6.45, 7) is 0. The minimum absolute atomic E-state index is 0.148. The highest BCUT2D eigenvalue weighted by Gasteiger charge is 2.26. The van der Waals surface area contributed by atoms with E-state index in [0.717, 1.165) is 6.07 Å². The minimum atomic E-state index is -3.96. The fourth-order valence-electron chi connectivity index (χ4n) is 2.58. The van der Waals surface area contributed by atoms with Gasteiger partial charge in [0.25, 0.3) is 0 Å². The quantitative estimate of drug-likeness (QED) is 0.719. The van der Waals surface area contributed by atoms with Crippen LogP contribution in [-0.2, 0) is 17.1 Å². The third kappa shape index (κ3) is 3.76. The molecule has 1 aromatic heterocycles. The highest BCUT2D eigenvalue weighted by molar-refractivity contribution is 7.89. The second-order valence-electron chi connectivity index (χ2n) is 5.68. The smallest absolute Gasteiger partial charge is 0.241 e. The molecule has 0 bridgehead atoms. The van der Waals surface area contributed by atoms with Crippen molar-refractivity contribution in [3.8, 4) is 5.75 Å². The average molecular weight is 375 g/mol. The largest absolute Gasteiger partial charge is 0.497 e. The Hall–Kier alpha value is -2.71. The van der Waals surface area contributed by atoms with Crippen LogP contribution in [0.25, 0.3) is 0 Å². The van der Waals surface area contributed by atoms with Gasteiger partial charge in [0.15, 0.2) is 0 Å². The number of methoxy groups -OCH3 is 1. The van der Waals surface area contributed by atoms with Gasteiger partial charge in [0, 0.05) is 19.4 Å². The van der Waals surface area contributed by atoms with E-state index < -0.39 is 21.9 Å². The summed E-state index contributed by atoms with van der Waals surface area (Å²) in [7, 11) is -0.637. The summed E-state index contributed by atoms with van der Waals surface area (Å²) in [4.78, 5) is 4.11. The molecule has 8 heteroatoms. The molecule has 26 heavy (non-hydrogen) atoms. The van der Waals surface area contributed by atoms with E-state index in [1.807, 2.05) is 0 Å². The Morgan fingerprint density at radius 3 is 2.50 bits per heavy atom. The van der Waals surface area contributed by atoms with E-state index in [9.17, 15) is 12.8 Å². The van der Waals surface area contributed by atoms with Crippen molar-refractivity contribution < 1.29 is 17.5 Å². The number of nitrogens with zero attached hydrogens (tertiary/aromatic N) is 2. The number of rotatable bonds is 6. The van der Waals surface area contributed by atoms with Crippen LogP contribution in [0, 0.1) is 5.82 Å². The van der Waals surface area contributed by atoms with Gasteiger partial charge in [-0.3, -0.25) is 0 Å². The first-order valence-corrected chi connectivity index (χ1v) is 9.28. The second-order valence-corrected chi connectivity index (χ2v) is 7.40. The van der Waals surface area contributed by atoms with E-state index in [4.69, 9.17) is 4.74 Å². The maximum absolute atomic E-state index is 13.5. The lowest BCUT2D eigenvalue weighted by Crippen LogP contribution is -2.31. The molecule has 0 fully saturated rings. The highest BCUT2D eigenvalue weighted by atomic mass is 32.2. The molecule has 1 atom stereocenters. The molecule has 1 heterocycles.